The van der Waals surface area contributed by atoms with Gasteiger partial charge in [-0.25, -0.2) is 17.6 Å². The van der Waals surface area contributed by atoms with Gasteiger partial charge in [0.05, 0.1) is 44.8 Å². The third-order valence-electron chi connectivity index (χ3n) is 8.83. The minimum absolute atomic E-state index is 0.0102. The largest absolute Gasteiger partial charge is 0.461 e. The van der Waals surface area contributed by atoms with E-state index >= 15 is 8.78 Å². The number of halogens is 4. The molecule has 4 heterocycles. The predicted octanol–water partition coefficient (Wildman–Crippen LogP) is 5.19. The zero-order chi connectivity index (χ0) is 35.9. The van der Waals surface area contributed by atoms with E-state index < -0.39 is 60.4 Å². The minimum atomic E-state index is -3.01. The number of benzene rings is 2. The van der Waals surface area contributed by atoms with Crippen molar-refractivity contribution in [2.45, 2.75) is 31.1 Å². The lowest BCUT2D eigenvalue weighted by atomic mass is 9.95. The number of alkyl halides is 1. The van der Waals surface area contributed by atoms with Crippen molar-refractivity contribution in [3.05, 3.63) is 59.6 Å². The third kappa shape index (κ3) is 4.64. The number of terminal acetylenes is 1. The van der Waals surface area contributed by atoms with Crippen LogP contribution in [0.2, 0.25) is 0 Å². The van der Waals surface area contributed by atoms with Crippen molar-refractivity contribution in [1.82, 2.24) is 19.9 Å². The van der Waals surface area contributed by atoms with Crippen LogP contribution in [0.3, 0.4) is 0 Å². The van der Waals surface area contributed by atoms with Crippen LogP contribution < -0.4 is 15.4 Å². The van der Waals surface area contributed by atoms with E-state index in [1.165, 1.54) is 25.3 Å². The van der Waals surface area contributed by atoms with Gasteiger partial charge in [-0.1, -0.05) is 12.0 Å². The Hall–Kier alpha value is -4.47. The van der Waals surface area contributed by atoms with Crippen molar-refractivity contribution in [2.75, 3.05) is 50.5 Å². The van der Waals surface area contributed by atoms with Crippen molar-refractivity contribution in [3.8, 4) is 29.6 Å². The number of anilines is 2. The van der Waals surface area contributed by atoms with Crippen LogP contribution in [0.1, 0.15) is 25.8 Å². The first-order valence-electron chi connectivity index (χ1n) is 16.7. The summed E-state index contributed by atoms with van der Waals surface area (Å²) in [6, 6.07) is 4.07. The monoisotopic (exact) mass is 623 g/mol. The first-order chi connectivity index (χ1) is 23.6. The molecule has 4 aromatic rings. The first kappa shape index (κ1) is 23.9. The third-order valence-corrected chi connectivity index (χ3v) is 8.83. The molecule has 3 aliphatic rings. The highest BCUT2D eigenvalue weighted by atomic mass is 19.1. The molecular formula is C33H30F4N6O2. The Balaban J connectivity index is 1.45. The topological polar surface area (TPSA) is 89.6 Å². The van der Waals surface area contributed by atoms with Crippen LogP contribution >= 0.6 is 0 Å². The fourth-order valence-electron chi connectivity index (χ4n) is 6.25. The molecule has 3 fully saturated rings. The van der Waals surface area contributed by atoms with E-state index in [0.29, 0.717) is 5.39 Å². The van der Waals surface area contributed by atoms with Crippen LogP contribution in [0, 0.1) is 29.9 Å². The van der Waals surface area contributed by atoms with Gasteiger partial charge in [0.1, 0.15) is 35.6 Å². The normalized spacial score (nSPS) is 28.1. The number of aromatic nitrogens is 3. The zero-order valence-corrected chi connectivity index (χ0v) is 24.0. The summed E-state index contributed by atoms with van der Waals surface area (Å²) in [7, 11) is 0. The van der Waals surface area contributed by atoms with Crippen LogP contribution in [0.4, 0.5) is 29.1 Å². The Morgan fingerprint density at radius 2 is 2.16 bits per heavy atom. The SMILES string of the molecule is [2H]C([2H])([2H])N1CC/C(=C\F)[C@]1(C)C([2H])([2H])Oc1nc(N2CCOC[C@H]3[C@H](F)[C@H]32)c2cnc(-c3cc(N)cc4ccc(F)c(C#C)c34)c(F)c2n1. The number of pyridine rings is 1. The lowest BCUT2D eigenvalue weighted by molar-refractivity contribution is 0.129. The highest BCUT2D eigenvalue weighted by molar-refractivity contribution is 6.03. The summed E-state index contributed by atoms with van der Waals surface area (Å²) < 4.78 is 114. The van der Waals surface area contributed by atoms with E-state index in [1.807, 2.05) is 0 Å². The Labute approximate surface area is 263 Å². The maximum Gasteiger partial charge on any atom is 0.319 e. The molecule has 0 amide bonds. The minimum Gasteiger partial charge on any atom is -0.461 e. The van der Waals surface area contributed by atoms with Crippen molar-refractivity contribution in [3.63, 3.8) is 0 Å². The van der Waals surface area contributed by atoms with Crippen LogP contribution in [0.25, 0.3) is 32.9 Å². The molecule has 0 spiro atoms. The maximum atomic E-state index is 16.9. The summed E-state index contributed by atoms with van der Waals surface area (Å²) >= 11 is 0. The van der Waals surface area contributed by atoms with Gasteiger partial charge in [-0.2, -0.15) is 9.97 Å². The van der Waals surface area contributed by atoms with Crippen LogP contribution in [-0.4, -0.2) is 77.4 Å². The smallest absolute Gasteiger partial charge is 0.319 e. The molecule has 2 aliphatic heterocycles. The van der Waals surface area contributed by atoms with Gasteiger partial charge < -0.3 is 20.1 Å². The number of likely N-dealkylation sites (N-methyl/N-ethyl adjacent to an activating group) is 1. The maximum absolute atomic E-state index is 16.9. The van der Waals surface area contributed by atoms with E-state index in [0.717, 1.165) is 11.0 Å². The van der Waals surface area contributed by atoms with E-state index in [1.54, 1.807) is 11.0 Å². The summed E-state index contributed by atoms with van der Waals surface area (Å²) in [6.45, 7) is -4.45. The molecule has 4 atom stereocenters. The van der Waals surface area contributed by atoms with Crippen LogP contribution in [0.15, 0.2) is 42.4 Å². The molecule has 0 bridgehead atoms. The fourth-order valence-corrected chi connectivity index (χ4v) is 6.25. The number of ether oxygens (including phenoxy) is 2. The first-order valence-corrected chi connectivity index (χ1v) is 14.2. The molecule has 45 heavy (non-hydrogen) atoms. The highest BCUT2D eigenvalue weighted by Gasteiger charge is 2.56. The standard InChI is InChI=1S/C33H30F4N6O2/c1-4-20-24(35)6-5-17-11-19(38)12-21(25(17)20)28-27(37)29-22(14-39-28)31(43-9-10-44-15-23-26(36)30(23)43)41-32(40-29)45-16-33(2)18(13-34)7-8-42(33)3/h1,5-6,11-14,23,26,30H,7-10,15-16,38H2,2-3H3/b18-13+/t23-,26-,30-,33-/m0/s1/i3D3,16D2. The molecule has 0 radical (unpaired) electrons. The van der Waals surface area contributed by atoms with Gasteiger partial charge in [0, 0.05) is 46.0 Å². The molecule has 2 saturated heterocycles. The quantitative estimate of drug-likeness (QED) is 0.185. The van der Waals surface area contributed by atoms with Crippen molar-refractivity contribution < 1.29 is 33.9 Å². The number of hydrogen-bond donors (Lipinski definition) is 1. The molecule has 7 rings (SSSR count). The summed E-state index contributed by atoms with van der Waals surface area (Å²) in [6.07, 6.45) is 5.64. The van der Waals surface area contributed by atoms with E-state index in [2.05, 4.69) is 20.9 Å². The van der Waals surface area contributed by atoms with Gasteiger partial charge in [-0.15, -0.1) is 6.42 Å². The highest BCUT2D eigenvalue weighted by Crippen LogP contribution is 2.45. The fraction of sp³-hybridized carbons (Fsp3) is 0.364. The number of nitrogens with zero attached hydrogens (tertiary/aromatic N) is 5. The Morgan fingerprint density at radius 3 is 2.93 bits per heavy atom. The number of fused-ring (bicyclic) bond motifs is 3. The Kier molecular flexibility index (Phi) is 5.75. The van der Waals surface area contributed by atoms with Gasteiger partial charge in [-0.3, -0.25) is 9.88 Å². The van der Waals surface area contributed by atoms with E-state index in [4.69, 9.17) is 28.5 Å². The van der Waals surface area contributed by atoms with Gasteiger partial charge >= 0.3 is 6.01 Å². The van der Waals surface area contributed by atoms with Gasteiger partial charge in [0.2, 0.25) is 0 Å². The molecule has 0 unspecified atom stereocenters. The van der Waals surface area contributed by atoms with E-state index in [9.17, 15) is 8.78 Å². The number of likely N-dealkylation sites (tertiary alicyclic amines) is 1. The number of hydrogen-bond acceptors (Lipinski definition) is 8. The van der Waals surface area contributed by atoms with Crippen molar-refractivity contribution in [2.24, 2.45) is 5.92 Å². The Morgan fingerprint density at radius 1 is 1.31 bits per heavy atom. The Bertz CT molecular complexity index is 2130. The average molecular weight is 624 g/mol. The molecule has 2 aromatic heterocycles. The average Bonchev–Trinajstić information content (AvgIpc) is 3.62. The second-order valence-corrected chi connectivity index (χ2v) is 11.4. The summed E-state index contributed by atoms with van der Waals surface area (Å²) in [4.78, 5) is 15.3. The zero-order valence-electron chi connectivity index (χ0n) is 29.0. The van der Waals surface area contributed by atoms with Crippen LogP contribution in [0.5, 0.6) is 6.01 Å². The molecule has 2 aromatic carbocycles. The summed E-state index contributed by atoms with van der Waals surface area (Å²) in [5.41, 5.74) is 3.11. The summed E-state index contributed by atoms with van der Waals surface area (Å²) in [5, 5.41) is 0.579. The van der Waals surface area contributed by atoms with Gasteiger partial charge in [0.25, 0.3) is 0 Å². The molecular weight excluding hydrogens is 588 g/mol. The van der Waals surface area contributed by atoms with Crippen LogP contribution in [-0.2, 0) is 4.74 Å². The molecule has 8 nitrogen and oxygen atoms in total. The summed E-state index contributed by atoms with van der Waals surface area (Å²) in [5.74, 6) is -0.0426. The van der Waals surface area contributed by atoms with Gasteiger partial charge in [0.15, 0.2) is 5.82 Å². The van der Waals surface area contributed by atoms with Crippen molar-refractivity contribution >= 4 is 33.2 Å². The van der Waals surface area contributed by atoms with Crippen molar-refractivity contribution in [1.29, 1.82) is 0 Å². The second kappa shape index (κ2) is 10.9. The van der Waals surface area contributed by atoms with E-state index in [-0.39, 0.29) is 83.7 Å². The number of rotatable bonds is 5. The lowest BCUT2D eigenvalue weighted by Gasteiger charge is -2.32. The second-order valence-electron chi connectivity index (χ2n) is 11.4. The molecule has 1 aliphatic carbocycles. The molecule has 2 N–H and O–H groups in total. The number of nitrogens with two attached hydrogens (primary N) is 1. The predicted molar refractivity (Wildman–Crippen MR) is 163 cm³/mol. The molecule has 12 heteroatoms. The van der Waals surface area contributed by atoms with Gasteiger partial charge in [-0.05, 0) is 49.5 Å². The molecule has 1 saturated carbocycles. The lowest BCUT2D eigenvalue weighted by Crippen LogP contribution is -2.44. The molecule has 232 valence electrons. The number of nitrogen functional groups attached to an aromatic ring is 1.